The Morgan fingerprint density at radius 2 is 1.56 bits per heavy atom. The highest BCUT2D eigenvalue weighted by Crippen LogP contribution is 2.21. The summed E-state index contributed by atoms with van der Waals surface area (Å²) < 4.78 is 42.2. The van der Waals surface area contributed by atoms with Crippen LogP contribution in [-0.2, 0) is 26.3 Å². The third-order valence-electron chi connectivity index (χ3n) is 5.00. The van der Waals surface area contributed by atoms with Crippen LogP contribution in [0.2, 0.25) is 0 Å². The maximum atomic E-state index is 13.5. The number of halogens is 2. The Balaban J connectivity index is 2.43. The van der Waals surface area contributed by atoms with Crippen LogP contribution in [0.5, 0.6) is 0 Å². The maximum absolute atomic E-state index is 13.5. The van der Waals surface area contributed by atoms with Gasteiger partial charge in [0.05, 0.1) is 5.69 Å². The number of hydrogen-bond acceptors (Lipinski definition) is 4. The summed E-state index contributed by atoms with van der Waals surface area (Å²) in [6.45, 7) is 4.74. The number of amides is 2. The van der Waals surface area contributed by atoms with Gasteiger partial charge in [0.2, 0.25) is 11.8 Å². The molecule has 0 aromatic heterocycles. The summed E-state index contributed by atoms with van der Waals surface area (Å²) in [5.74, 6) is -1.47. The average molecular weight is 557 g/mol. The monoisotopic (exact) mass is 556 g/mol. The molecular weight excluding hydrogens is 527 g/mol. The van der Waals surface area contributed by atoms with E-state index in [-0.39, 0.29) is 24.2 Å². The Morgan fingerprint density at radius 3 is 2.06 bits per heavy atom. The van der Waals surface area contributed by atoms with E-state index < -0.39 is 34.5 Å². The molecule has 0 saturated carbocycles. The van der Waals surface area contributed by atoms with Crippen molar-refractivity contribution >= 4 is 43.6 Å². The molecule has 8 nitrogen and oxygen atoms in total. The van der Waals surface area contributed by atoms with Crippen molar-refractivity contribution in [3.05, 3.63) is 64.4 Å². The van der Waals surface area contributed by atoms with Gasteiger partial charge in [-0.25, -0.2) is 8.70 Å². The van der Waals surface area contributed by atoms with Crippen molar-refractivity contribution in [3.63, 3.8) is 0 Å². The molecule has 0 heterocycles. The van der Waals surface area contributed by atoms with Crippen molar-refractivity contribution in [2.24, 2.45) is 0 Å². The van der Waals surface area contributed by atoms with Crippen LogP contribution < -0.4 is 9.62 Å². The van der Waals surface area contributed by atoms with Gasteiger partial charge in [0.15, 0.2) is 0 Å². The van der Waals surface area contributed by atoms with Gasteiger partial charge in [0.1, 0.15) is 18.4 Å². The van der Waals surface area contributed by atoms with Crippen molar-refractivity contribution in [2.45, 2.75) is 39.4 Å². The van der Waals surface area contributed by atoms with Gasteiger partial charge in [0.25, 0.3) is 0 Å². The Kier molecular flexibility index (Phi) is 9.60. The fourth-order valence-corrected chi connectivity index (χ4v) is 4.42. The molecule has 0 bridgehead atoms. The van der Waals surface area contributed by atoms with Gasteiger partial charge in [-0.2, -0.15) is 12.7 Å². The topological polar surface area (TPSA) is 90.0 Å². The minimum absolute atomic E-state index is 0.0953. The van der Waals surface area contributed by atoms with Crippen molar-refractivity contribution in [3.8, 4) is 0 Å². The first-order chi connectivity index (χ1) is 15.8. The molecule has 11 heteroatoms. The quantitative estimate of drug-likeness (QED) is 0.486. The molecule has 2 rings (SSSR count). The van der Waals surface area contributed by atoms with E-state index in [0.717, 1.165) is 30.8 Å². The molecule has 2 aromatic carbocycles. The molecule has 2 aromatic rings. The second kappa shape index (κ2) is 11.8. The van der Waals surface area contributed by atoms with Crippen molar-refractivity contribution < 1.29 is 22.4 Å². The smallest absolute Gasteiger partial charge is 0.304 e. The number of nitrogens with zero attached hydrogens (tertiary/aromatic N) is 3. The van der Waals surface area contributed by atoms with Crippen LogP contribution in [0.25, 0.3) is 0 Å². The molecule has 2 amide bonds. The second-order valence-corrected chi connectivity index (χ2v) is 11.2. The lowest BCUT2D eigenvalue weighted by molar-refractivity contribution is -0.139. The molecule has 0 aliphatic heterocycles. The molecule has 1 atom stereocenters. The predicted molar refractivity (Wildman–Crippen MR) is 134 cm³/mol. The van der Waals surface area contributed by atoms with E-state index in [1.807, 2.05) is 38.1 Å². The lowest BCUT2D eigenvalue weighted by Crippen LogP contribution is -2.53. The number of benzene rings is 2. The Labute approximate surface area is 209 Å². The standard InChI is InChI=1S/C23H30BrFN4O4S/c1-16(2)26-23(31)17(3)28(14-18-6-8-19(24)9-7-18)22(30)15-29(34(32,33)27(4)5)21-12-10-20(25)11-13-21/h6-13,16-17H,14-15H2,1-5H3,(H,26,31)/t17-/m1/s1. The second-order valence-electron chi connectivity index (χ2n) is 8.26. The van der Waals surface area contributed by atoms with Gasteiger partial charge in [0, 0.05) is 31.2 Å². The molecule has 1 N–H and O–H groups in total. The summed E-state index contributed by atoms with van der Waals surface area (Å²) >= 11 is 3.37. The Morgan fingerprint density at radius 1 is 1.00 bits per heavy atom. The molecule has 186 valence electrons. The molecule has 0 aliphatic carbocycles. The summed E-state index contributed by atoms with van der Waals surface area (Å²) in [4.78, 5) is 27.6. The van der Waals surface area contributed by atoms with Crippen LogP contribution >= 0.6 is 15.9 Å². The molecule has 34 heavy (non-hydrogen) atoms. The van der Waals surface area contributed by atoms with Crippen LogP contribution in [0.4, 0.5) is 10.1 Å². The summed E-state index contributed by atoms with van der Waals surface area (Å²) in [7, 11) is -1.40. The van der Waals surface area contributed by atoms with Gasteiger partial charge < -0.3 is 10.2 Å². The first-order valence-corrected chi connectivity index (χ1v) is 12.8. The molecule has 0 saturated heterocycles. The fraction of sp³-hybridized carbons (Fsp3) is 0.391. The first kappa shape index (κ1) is 27.7. The minimum Gasteiger partial charge on any atom is -0.352 e. The summed E-state index contributed by atoms with van der Waals surface area (Å²) in [6, 6.07) is 11.1. The number of rotatable bonds is 10. The minimum atomic E-state index is -4.09. The van der Waals surface area contributed by atoms with E-state index in [1.165, 1.54) is 31.1 Å². The SMILES string of the molecule is CC(C)NC(=O)[C@@H](C)N(Cc1ccc(Br)cc1)C(=O)CN(c1ccc(F)cc1)S(=O)(=O)N(C)C. The van der Waals surface area contributed by atoms with Crippen LogP contribution in [-0.4, -0.2) is 62.2 Å². The highest BCUT2D eigenvalue weighted by atomic mass is 79.9. The number of anilines is 1. The van der Waals surface area contributed by atoms with E-state index in [4.69, 9.17) is 0 Å². The van der Waals surface area contributed by atoms with E-state index >= 15 is 0 Å². The zero-order chi connectivity index (χ0) is 25.6. The molecule has 0 spiro atoms. The normalized spacial score (nSPS) is 12.5. The molecule has 0 unspecified atom stereocenters. The molecule has 0 aliphatic rings. The van der Waals surface area contributed by atoms with E-state index in [0.29, 0.717) is 0 Å². The number of nitrogens with one attached hydrogen (secondary N) is 1. The van der Waals surface area contributed by atoms with E-state index in [2.05, 4.69) is 21.2 Å². The summed E-state index contributed by atoms with van der Waals surface area (Å²) in [5.41, 5.74) is 0.899. The predicted octanol–water partition coefficient (Wildman–Crippen LogP) is 3.14. The van der Waals surface area contributed by atoms with Gasteiger partial charge in [-0.15, -0.1) is 0 Å². The number of carbonyl (C=O) groups is 2. The number of hydrogen-bond donors (Lipinski definition) is 1. The Bertz CT molecular complexity index is 1090. The average Bonchev–Trinajstić information content (AvgIpc) is 2.76. The number of carbonyl (C=O) groups excluding carboxylic acids is 2. The zero-order valence-electron chi connectivity index (χ0n) is 19.8. The maximum Gasteiger partial charge on any atom is 0.304 e. The van der Waals surface area contributed by atoms with Crippen LogP contribution in [0.15, 0.2) is 53.0 Å². The first-order valence-electron chi connectivity index (χ1n) is 10.6. The third-order valence-corrected chi connectivity index (χ3v) is 7.35. The van der Waals surface area contributed by atoms with Crippen LogP contribution in [0.1, 0.15) is 26.3 Å². The fourth-order valence-electron chi connectivity index (χ4n) is 3.10. The lowest BCUT2D eigenvalue weighted by Gasteiger charge is -2.33. The third kappa shape index (κ3) is 7.25. The Hall–Kier alpha value is -2.50. The van der Waals surface area contributed by atoms with Crippen molar-refractivity contribution in [2.75, 3.05) is 24.9 Å². The van der Waals surface area contributed by atoms with Gasteiger partial charge >= 0.3 is 10.2 Å². The lowest BCUT2D eigenvalue weighted by atomic mass is 10.1. The van der Waals surface area contributed by atoms with Crippen LogP contribution in [0.3, 0.4) is 0 Å². The summed E-state index contributed by atoms with van der Waals surface area (Å²) in [5, 5.41) is 2.79. The van der Waals surface area contributed by atoms with E-state index in [1.54, 1.807) is 6.92 Å². The van der Waals surface area contributed by atoms with Crippen molar-refractivity contribution in [1.29, 1.82) is 0 Å². The summed E-state index contributed by atoms with van der Waals surface area (Å²) in [6.07, 6.45) is 0. The zero-order valence-corrected chi connectivity index (χ0v) is 22.2. The largest absolute Gasteiger partial charge is 0.352 e. The van der Waals surface area contributed by atoms with Gasteiger partial charge in [-0.1, -0.05) is 28.1 Å². The molecule has 0 radical (unpaired) electrons. The van der Waals surface area contributed by atoms with Gasteiger partial charge in [-0.05, 0) is 62.7 Å². The van der Waals surface area contributed by atoms with Gasteiger partial charge in [-0.3, -0.25) is 9.59 Å². The van der Waals surface area contributed by atoms with E-state index in [9.17, 15) is 22.4 Å². The molecule has 0 fully saturated rings. The highest BCUT2D eigenvalue weighted by molar-refractivity contribution is 9.10. The highest BCUT2D eigenvalue weighted by Gasteiger charge is 2.32. The molecular formula is C23H30BrFN4O4S. The van der Waals surface area contributed by atoms with Crippen LogP contribution in [0, 0.1) is 5.82 Å². The van der Waals surface area contributed by atoms with Crippen molar-refractivity contribution in [1.82, 2.24) is 14.5 Å².